The molecule has 108 valence electrons. The smallest absolute Gasteiger partial charge is 0.412 e. The molecule has 5 nitrogen and oxygen atoms in total. The van der Waals surface area contributed by atoms with Crippen LogP contribution in [-0.2, 0) is 0 Å². The number of amides is 1. The molecule has 1 aliphatic heterocycles. The lowest BCUT2D eigenvalue weighted by Gasteiger charge is -2.40. The highest BCUT2D eigenvalue weighted by atomic mass is 79.9. The van der Waals surface area contributed by atoms with E-state index >= 15 is 0 Å². The van der Waals surface area contributed by atoms with E-state index in [2.05, 4.69) is 20.9 Å². The van der Waals surface area contributed by atoms with Crippen molar-refractivity contribution in [3.05, 3.63) is 16.7 Å². The monoisotopic (exact) mass is 340 g/mol. The lowest BCUT2D eigenvalue weighted by molar-refractivity contribution is 0.161. The third-order valence-corrected chi connectivity index (χ3v) is 4.61. The van der Waals surface area contributed by atoms with Crippen molar-refractivity contribution < 1.29 is 14.6 Å². The number of carboxylic acid groups (broad SMARTS) is 1. The topological polar surface area (TPSA) is 62.7 Å². The molecule has 6 heteroatoms. The molecule has 1 amide bonds. The molecule has 0 aromatic carbocycles. The number of pyridine rings is 1. The quantitative estimate of drug-likeness (QED) is 0.847. The van der Waals surface area contributed by atoms with E-state index in [-0.39, 0.29) is 6.04 Å². The first-order chi connectivity index (χ1) is 9.66. The van der Waals surface area contributed by atoms with Crippen molar-refractivity contribution in [2.24, 2.45) is 5.92 Å². The fraction of sp³-hybridized carbons (Fsp3) is 0.571. The third kappa shape index (κ3) is 2.49. The Balaban J connectivity index is 1.94. The Hall–Kier alpha value is -1.30. The fourth-order valence-electron chi connectivity index (χ4n) is 3.23. The van der Waals surface area contributed by atoms with Gasteiger partial charge in [-0.25, -0.2) is 9.78 Å². The number of ether oxygens (including phenoxy) is 1. The molecule has 20 heavy (non-hydrogen) atoms. The van der Waals surface area contributed by atoms with Crippen LogP contribution in [0.4, 0.5) is 10.5 Å². The zero-order valence-electron chi connectivity index (χ0n) is 11.1. The molecule has 1 aliphatic carbocycles. The van der Waals surface area contributed by atoms with Crippen LogP contribution in [-0.4, -0.2) is 28.8 Å². The van der Waals surface area contributed by atoms with Crippen LogP contribution in [0.5, 0.6) is 5.88 Å². The number of aromatic nitrogens is 1. The van der Waals surface area contributed by atoms with Gasteiger partial charge in [0.1, 0.15) is 12.3 Å². The Morgan fingerprint density at radius 2 is 2.15 bits per heavy atom. The average molecular weight is 341 g/mol. The number of hydrogen-bond donors (Lipinski definition) is 1. The second-order valence-corrected chi connectivity index (χ2v) is 6.32. The van der Waals surface area contributed by atoms with Crippen molar-refractivity contribution in [1.82, 2.24) is 4.98 Å². The molecular weight excluding hydrogens is 324 g/mol. The van der Waals surface area contributed by atoms with Crippen molar-refractivity contribution in [3.8, 4) is 5.88 Å². The van der Waals surface area contributed by atoms with Crippen LogP contribution >= 0.6 is 15.9 Å². The van der Waals surface area contributed by atoms with Crippen LogP contribution in [0.3, 0.4) is 0 Å². The zero-order valence-corrected chi connectivity index (χ0v) is 12.7. The summed E-state index contributed by atoms with van der Waals surface area (Å²) >= 11 is 3.35. The number of fused-ring (bicyclic) bond motifs is 1. The average Bonchev–Trinajstić information content (AvgIpc) is 2.46. The summed E-state index contributed by atoms with van der Waals surface area (Å²) in [5.74, 6) is 0.787. The SMILES string of the molecule is O=C(O)N1c2cc(Br)cnc2OCC1C1CCCCC1. The van der Waals surface area contributed by atoms with E-state index in [0.29, 0.717) is 24.1 Å². The van der Waals surface area contributed by atoms with Crippen molar-refractivity contribution in [2.45, 2.75) is 38.1 Å². The second-order valence-electron chi connectivity index (χ2n) is 5.41. The van der Waals surface area contributed by atoms with Gasteiger partial charge in [0, 0.05) is 10.7 Å². The van der Waals surface area contributed by atoms with Gasteiger partial charge < -0.3 is 9.84 Å². The summed E-state index contributed by atoms with van der Waals surface area (Å²) in [7, 11) is 0. The molecule has 1 fully saturated rings. The van der Waals surface area contributed by atoms with E-state index in [9.17, 15) is 9.90 Å². The van der Waals surface area contributed by atoms with E-state index in [1.807, 2.05) is 0 Å². The molecule has 0 radical (unpaired) electrons. The largest absolute Gasteiger partial charge is 0.474 e. The summed E-state index contributed by atoms with van der Waals surface area (Å²) in [5.41, 5.74) is 0.550. The van der Waals surface area contributed by atoms with Gasteiger partial charge in [0.25, 0.3) is 0 Å². The highest BCUT2D eigenvalue weighted by Crippen LogP contribution is 2.39. The van der Waals surface area contributed by atoms with Crippen LogP contribution in [0, 0.1) is 5.92 Å². The van der Waals surface area contributed by atoms with Gasteiger partial charge in [-0.05, 0) is 40.8 Å². The molecular formula is C14H17BrN2O3. The first-order valence-electron chi connectivity index (χ1n) is 6.97. The van der Waals surface area contributed by atoms with Crippen LogP contribution in [0.25, 0.3) is 0 Å². The van der Waals surface area contributed by atoms with E-state index in [0.717, 1.165) is 17.3 Å². The summed E-state index contributed by atoms with van der Waals surface area (Å²) in [6, 6.07) is 1.67. The van der Waals surface area contributed by atoms with Gasteiger partial charge in [-0.15, -0.1) is 0 Å². The minimum atomic E-state index is -0.926. The second kappa shape index (κ2) is 5.60. The molecule has 1 N–H and O–H groups in total. The van der Waals surface area contributed by atoms with Gasteiger partial charge in [-0.3, -0.25) is 4.90 Å². The third-order valence-electron chi connectivity index (χ3n) is 4.18. The number of anilines is 1. The Labute approximate surface area is 126 Å². The van der Waals surface area contributed by atoms with Crippen molar-refractivity contribution in [2.75, 3.05) is 11.5 Å². The van der Waals surface area contributed by atoms with Gasteiger partial charge in [0.15, 0.2) is 0 Å². The number of hydrogen-bond acceptors (Lipinski definition) is 3. The Morgan fingerprint density at radius 3 is 2.85 bits per heavy atom. The van der Waals surface area contributed by atoms with Crippen molar-refractivity contribution in [1.29, 1.82) is 0 Å². The maximum atomic E-state index is 11.7. The van der Waals surface area contributed by atoms with E-state index in [1.165, 1.54) is 24.2 Å². The molecule has 1 saturated carbocycles. The molecule has 0 saturated heterocycles. The lowest BCUT2D eigenvalue weighted by Crippen LogP contribution is -2.50. The van der Waals surface area contributed by atoms with Gasteiger partial charge in [0.05, 0.1) is 6.04 Å². The van der Waals surface area contributed by atoms with Crippen molar-refractivity contribution in [3.63, 3.8) is 0 Å². The molecule has 1 aromatic heterocycles. The van der Waals surface area contributed by atoms with Crippen molar-refractivity contribution >= 4 is 27.7 Å². The predicted octanol–water partition coefficient (Wildman–Crippen LogP) is 3.67. The Morgan fingerprint density at radius 1 is 1.40 bits per heavy atom. The van der Waals surface area contributed by atoms with Gasteiger partial charge >= 0.3 is 6.09 Å². The molecule has 0 spiro atoms. The first-order valence-corrected chi connectivity index (χ1v) is 7.76. The predicted molar refractivity (Wildman–Crippen MR) is 78.3 cm³/mol. The summed E-state index contributed by atoms with van der Waals surface area (Å²) in [6.07, 6.45) is 6.46. The van der Waals surface area contributed by atoms with Crippen LogP contribution in [0.1, 0.15) is 32.1 Å². The number of rotatable bonds is 1. The maximum absolute atomic E-state index is 11.7. The van der Waals surface area contributed by atoms with Crippen LogP contribution in [0.15, 0.2) is 16.7 Å². The molecule has 0 bridgehead atoms. The summed E-state index contributed by atoms with van der Waals surface area (Å²) < 4.78 is 6.45. The summed E-state index contributed by atoms with van der Waals surface area (Å²) in [5, 5.41) is 9.60. The molecule has 1 atom stereocenters. The summed E-state index contributed by atoms with van der Waals surface area (Å²) in [4.78, 5) is 17.3. The molecule has 1 unspecified atom stereocenters. The number of halogens is 1. The minimum Gasteiger partial charge on any atom is -0.474 e. The fourth-order valence-corrected chi connectivity index (χ4v) is 3.55. The number of carbonyl (C=O) groups is 1. The van der Waals surface area contributed by atoms with Gasteiger partial charge in [-0.2, -0.15) is 0 Å². The lowest BCUT2D eigenvalue weighted by atomic mass is 9.83. The van der Waals surface area contributed by atoms with Crippen LogP contribution < -0.4 is 9.64 Å². The minimum absolute atomic E-state index is 0.101. The first kappa shape index (κ1) is 13.7. The van der Waals surface area contributed by atoms with Crippen LogP contribution in [0.2, 0.25) is 0 Å². The van der Waals surface area contributed by atoms with E-state index in [1.54, 1.807) is 12.3 Å². The molecule has 2 heterocycles. The normalized spacial score (nSPS) is 23.1. The Bertz CT molecular complexity index is 517. The molecule has 1 aromatic rings. The van der Waals surface area contributed by atoms with Gasteiger partial charge in [0.2, 0.25) is 5.88 Å². The highest BCUT2D eigenvalue weighted by Gasteiger charge is 2.38. The summed E-state index contributed by atoms with van der Waals surface area (Å²) in [6.45, 7) is 0.401. The standard InChI is InChI=1S/C14H17BrN2O3/c15-10-6-11-13(16-7-10)20-8-12(17(11)14(18)19)9-4-2-1-3-5-9/h6-7,9,12H,1-5,8H2,(H,18,19). The Kier molecular flexibility index (Phi) is 3.83. The maximum Gasteiger partial charge on any atom is 0.412 e. The van der Waals surface area contributed by atoms with E-state index in [4.69, 9.17) is 4.74 Å². The zero-order chi connectivity index (χ0) is 14.1. The number of nitrogens with zero attached hydrogens (tertiary/aromatic N) is 2. The highest BCUT2D eigenvalue weighted by molar-refractivity contribution is 9.10. The van der Waals surface area contributed by atoms with E-state index < -0.39 is 6.09 Å². The van der Waals surface area contributed by atoms with Gasteiger partial charge in [-0.1, -0.05) is 19.3 Å². The molecule has 3 rings (SSSR count). The molecule has 2 aliphatic rings.